The zero-order chi connectivity index (χ0) is 14.5. The number of nitro benzene ring substituents is 1. The second-order valence-corrected chi connectivity index (χ2v) is 4.48. The molecule has 6 heteroatoms. The Morgan fingerprint density at radius 2 is 1.89 bits per heavy atom. The predicted molar refractivity (Wildman–Crippen MR) is 76.7 cm³/mol. The topological polar surface area (TPSA) is 87.4 Å². The van der Waals surface area contributed by atoms with Crippen LogP contribution in [0.2, 0.25) is 0 Å². The maximum absolute atomic E-state index is 11.2. The van der Waals surface area contributed by atoms with Gasteiger partial charge in [-0.2, -0.15) is 0 Å². The van der Waals surface area contributed by atoms with Gasteiger partial charge in [0.1, 0.15) is 11.4 Å². The summed E-state index contributed by atoms with van der Waals surface area (Å²) >= 11 is 0. The van der Waals surface area contributed by atoms with Crippen LogP contribution in [0.15, 0.2) is 18.2 Å². The zero-order valence-corrected chi connectivity index (χ0v) is 11.6. The van der Waals surface area contributed by atoms with Crippen LogP contribution in [0.4, 0.5) is 17.1 Å². The zero-order valence-electron chi connectivity index (χ0n) is 11.6. The van der Waals surface area contributed by atoms with E-state index in [1.165, 1.54) is 0 Å². The molecule has 0 radical (unpaired) electrons. The Balaban J connectivity index is 3.23. The fourth-order valence-electron chi connectivity index (χ4n) is 2.02. The van der Waals surface area contributed by atoms with Gasteiger partial charge in [0.15, 0.2) is 0 Å². The summed E-state index contributed by atoms with van der Waals surface area (Å²) in [6, 6.07) is 5.06. The van der Waals surface area contributed by atoms with E-state index in [9.17, 15) is 15.2 Å². The summed E-state index contributed by atoms with van der Waals surface area (Å²) in [7, 11) is 1.64. The predicted octanol–water partition coefficient (Wildman–Crippen LogP) is 2.60. The molecule has 0 bridgehead atoms. The Kier molecular flexibility index (Phi) is 5.11. The van der Waals surface area contributed by atoms with E-state index in [0.29, 0.717) is 24.2 Å². The maximum atomic E-state index is 11.2. The third kappa shape index (κ3) is 3.14. The number of nitro groups is 1. The van der Waals surface area contributed by atoms with Crippen LogP contribution in [0, 0.1) is 10.1 Å². The molecule has 0 spiro atoms. The van der Waals surface area contributed by atoms with Gasteiger partial charge >= 0.3 is 5.69 Å². The highest BCUT2D eigenvalue weighted by molar-refractivity contribution is 5.76. The van der Waals surface area contributed by atoms with Crippen molar-refractivity contribution in [3.05, 3.63) is 28.3 Å². The number of nitrogens with zero attached hydrogens (tertiary/aromatic N) is 1. The Labute approximate surface area is 113 Å². The van der Waals surface area contributed by atoms with E-state index in [2.05, 4.69) is 10.6 Å². The quantitative estimate of drug-likeness (QED) is 0.522. The lowest BCUT2D eigenvalue weighted by atomic mass is 9.93. The lowest BCUT2D eigenvalue weighted by Crippen LogP contribution is -2.41. The Bertz CT molecular complexity index is 436. The largest absolute Gasteiger partial charge is 0.394 e. The number of para-hydroxylation sites is 1. The van der Waals surface area contributed by atoms with Gasteiger partial charge in [0, 0.05) is 7.05 Å². The van der Waals surface area contributed by atoms with E-state index < -0.39 is 10.5 Å². The lowest BCUT2D eigenvalue weighted by molar-refractivity contribution is -0.383. The lowest BCUT2D eigenvalue weighted by Gasteiger charge is -2.31. The highest BCUT2D eigenvalue weighted by Gasteiger charge is 2.29. The van der Waals surface area contributed by atoms with Crippen LogP contribution in [0.25, 0.3) is 0 Å². The molecule has 0 saturated carbocycles. The molecular weight excluding hydrogens is 246 g/mol. The molecule has 19 heavy (non-hydrogen) atoms. The van der Waals surface area contributed by atoms with E-state index >= 15 is 0 Å². The summed E-state index contributed by atoms with van der Waals surface area (Å²) in [5, 5.41) is 26.7. The van der Waals surface area contributed by atoms with Gasteiger partial charge in [-0.05, 0) is 25.0 Å². The number of hydrogen-bond acceptors (Lipinski definition) is 5. The number of rotatable bonds is 7. The summed E-state index contributed by atoms with van der Waals surface area (Å²) in [6.07, 6.45) is 1.36. The standard InChI is InChI=1S/C13H21N3O3/c1-4-13(5-2,9-17)15-11-8-6-7-10(14-3)12(11)16(18)19/h6-8,14-15,17H,4-5,9H2,1-3H3. The normalized spacial score (nSPS) is 11.2. The molecule has 0 aliphatic heterocycles. The molecule has 1 rings (SSSR count). The number of aliphatic hydroxyl groups is 1. The molecule has 0 saturated heterocycles. The minimum atomic E-state index is -0.531. The molecule has 1 aromatic carbocycles. The van der Waals surface area contributed by atoms with Crippen molar-refractivity contribution in [2.45, 2.75) is 32.2 Å². The van der Waals surface area contributed by atoms with Crippen molar-refractivity contribution >= 4 is 17.1 Å². The van der Waals surface area contributed by atoms with E-state index in [-0.39, 0.29) is 12.3 Å². The van der Waals surface area contributed by atoms with Crippen LogP contribution < -0.4 is 10.6 Å². The number of aliphatic hydroxyl groups excluding tert-OH is 1. The third-order valence-electron chi connectivity index (χ3n) is 3.54. The fraction of sp³-hybridized carbons (Fsp3) is 0.538. The Morgan fingerprint density at radius 1 is 1.32 bits per heavy atom. The first kappa shape index (κ1) is 15.2. The first-order chi connectivity index (χ1) is 9.03. The van der Waals surface area contributed by atoms with E-state index in [0.717, 1.165) is 0 Å². The molecule has 106 valence electrons. The van der Waals surface area contributed by atoms with Crippen LogP contribution in [0.5, 0.6) is 0 Å². The van der Waals surface area contributed by atoms with Gasteiger partial charge in [0.25, 0.3) is 0 Å². The van der Waals surface area contributed by atoms with Crippen LogP contribution in [0.3, 0.4) is 0 Å². The smallest absolute Gasteiger partial charge is 0.315 e. The van der Waals surface area contributed by atoms with Crippen molar-refractivity contribution in [3.63, 3.8) is 0 Å². The van der Waals surface area contributed by atoms with Gasteiger partial charge in [-0.3, -0.25) is 10.1 Å². The molecule has 0 aromatic heterocycles. The van der Waals surface area contributed by atoms with Gasteiger partial charge < -0.3 is 15.7 Å². The Hall–Kier alpha value is -1.82. The third-order valence-corrected chi connectivity index (χ3v) is 3.54. The van der Waals surface area contributed by atoms with Gasteiger partial charge in [-0.15, -0.1) is 0 Å². The Morgan fingerprint density at radius 3 is 2.32 bits per heavy atom. The number of anilines is 2. The highest BCUT2D eigenvalue weighted by Crippen LogP contribution is 2.35. The van der Waals surface area contributed by atoms with E-state index in [1.54, 1.807) is 25.2 Å². The van der Waals surface area contributed by atoms with Crippen LogP contribution in [0.1, 0.15) is 26.7 Å². The molecule has 0 fully saturated rings. The van der Waals surface area contributed by atoms with E-state index in [1.807, 2.05) is 13.8 Å². The molecule has 0 atom stereocenters. The van der Waals surface area contributed by atoms with E-state index in [4.69, 9.17) is 0 Å². The minimum absolute atomic E-state index is 0.00438. The minimum Gasteiger partial charge on any atom is -0.394 e. The molecule has 0 amide bonds. The first-order valence-corrected chi connectivity index (χ1v) is 6.37. The van der Waals surface area contributed by atoms with Crippen molar-refractivity contribution in [1.82, 2.24) is 0 Å². The summed E-state index contributed by atoms with van der Waals surface area (Å²) in [5.74, 6) is 0. The molecule has 1 aromatic rings. The summed E-state index contributed by atoms with van der Waals surface area (Å²) in [5.41, 5.74) is 0.352. The first-order valence-electron chi connectivity index (χ1n) is 6.37. The van der Waals surface area contributed by atoms with Crippen LogP contribution in [-0.2, 0) is 0 Å². The monoisotopic (exact) mass is 267 g/mol. The van der Waals surface area contributed by atoms with Gasteiger partial charge in [-0.25, -0.2) is 0 Å². The second-order valence-electron chi connectivity index (χ2n) is 4.48. The summed E-state index contributed by atoms with van der Waals surface area (Å²) in [6.45, 7) is 3.82. The van der Waals surface area contributed by atoms with Gasteiger partial charge in [0.05, 0.1) is 17.1 Å². The summed E-state index contributed by atoms with van der Waals surface area (Å²) in [4.78, 5) is 10.8. The number of nitrogens with one attached hydrogen (secondary N) is 2. The second kappa shape index (κ2) is 6.38. The fourth-order valence-corrected chi connectivity index (χ4v) is 2.02. The van der Waals surface area contributed by atoms with Gasteiger partial charge in [0.2, 0.25) is 0 Å². The van der Waals surface area contributed by atoms with Crippen molar-refractivity contribution < 1.29 is 10.0 Å². The van der Waals surface area contributed by atoms with Gasteiger partial charge in [-0.1, -0.05) is 19.9 Å². The molecular formula is C13H21N3O3. The molecule has 0 aliphatic carbocycles. The average molecular weight is 267 g/mol. The van der Waals surface area contributed by atoms with Crippen LogP contribution >= 0.6 is 0 Å². The van der Waals surface area contributed by atoms with Crippen molar-refractivity contribution in [2.24, 2.45) is 0 Å². The number of benzene rings is 1. The molecule has 3 N–H and O–H groups in total. The SMILES string of the molecule is CCC(CC)(CO)Nc1cccc(NC)c1[N+](=O)[O-]. The van der Waals surface area contributed by atoms with Crippen molar-refractivity contribution in [2.75, 3.05) is 24.3 Å². The highest BCUT2D eigenvalue weighted by atomic mass is 16.6. The molecule has 0 heterocycles. The maximum Gasteiger partial charge on any atom is 0.315 e. The summed E-state index contributed by atoms with van der Waals surface area (Å²) < 4.78 is 0. The molecule has 0 aliphatic rings. The molecule has 0 unspecified atom stereocenters. The van der Waals surface area contributed by atoms with Crippen molar-refractivity contribution in [1.29, 1.82) is 0 Å². The average Bonchev–Trinajstić information content (AvgIpc) is 2.44. The molecule has 6 nitrogen and oxygen atoms in total. The number of hydrogen-bond donors (Lipinski definition) is 3. The van der Waals surface area contributed by atoms with Crippen molar-refractivity contribution in [3.8, 4) is 0 Å². The van der Waals surface area contributed by atoms with Crippen LogP contribution in [-0.4, -0.2) is 29.2 Å².